The Hall–Kier alpha value is -0.120. The van der Waals surface area contributed by atoms with Gasteiger partial charge in [0.2, 0.25) is 0 Å². The molecular formula is C16H34N2O. The van der Waals surface area contributed by atoms with Gasteiger partial charge in [0.05, 0.1) is 6.10 Å². The van der Waals surface area contributed by atoms with E-state index in [1.807, 2.05) is 0 Å². The van der Waals surface area contributed by atoms with Gasteiger partial charge in [-0.05, 0) is 18.8 Å². The molecule has 0 aromatic rings. The lowest BCUT2D eigenvalue weighted by Gasteiger charge is -2.25. The molecule has 1 heterocycles. The summed E-state index contributed by atoms with van der Waals surface area (Å²) in [5, 5.41) is 0. The van der Waals surface area contributed by atoms with E-state index in [1.165, 1.54) is 57.8 Å². The molecule has 19 heavy (non-hydrogen) atoms. The highest BCUT2D eigenvalue weighted by molar-refractivity contribution is 4.83. The molecule has 1 aliphatic heterocycles. The molecule has 0 amide bonds. The molecule has 1 fully saturated rings. The molecule has 1 rings (SSSR count). The summed E-state index contributed by atoms with van der Waals surface area (Å²) in [5.41, 5.74) is 2.97. The van der Waals surface area contributed by atoms with E-state index in [2.05, 4.69) is 19.3 Å². The Kier molecular flexibility index (Phi) is 9.48. The maximum atomic E-state index is 5.80. The highest BCUT2D eigenvalue weighted by Crippen LogP contribution is 2.25. The predicted octanol–water partition coefficient (Wildman–Crippen LogP) is 3.77. The molecule has 0 aliphatic carbocycles. The Bertz CT molecular complexity index is 211. The SMILES string of the molecule is CCCCCCCCCCC(NN)C1OCCC1C. The van der Waals surface area contributed by atoms with Gasteiger partial charge in [-0.1, -0.05) is 65.2 Å². The maximum Gasteiger partial charge on any atom is 0.0767 e. The fourth-order valence-corrected chi connectivity index (χ4v) is 3.07. The summed E-state index contributed by atoms with van der Waals surface area (Å²) in [5.74, 6) is 6.33. The lowest BCUT2D eigenvalue weighted by molar-refractivity contribution is 0.0574. The standard InChI is InChI=1S/C16H34N2O/c1-3-4-5-6-7-8-9-10-11-15(18-17)16-14(2)12-13-19-16/h14-16,18H,3-13,17H2,1-2H3. The van der Waals surface area contributed by atoms with Crippen molar-refractivity contribution in [2.24, 2.45) is 11.8 Å². The molecule has 3 N–H and O–H groups in total. The van der Waals surface area contributed by atoms with E-state index in [-0.39, 0.29) is 0 Å². The second kappa shape index (κ2) is 10.6. The number of nitrogens with two attached hydrogens (primary N) is 1. The smallest absolute Gasteiger partial charge is 0.0767 e. The molecule has 0 radical (unpaired) electrons. The molecule has 3 nitrogen and oxygen atoms in total. The van der Waals surface area contributed by atoms with Crippen LogP contribution in [0.2, 0.25) is 0 Å². The number of hydrazine groups is 1. The van der Waals surface area contributed by atoms with Crippen LogP contribution in [0.1, 0.15) is 78.1 Å². The summed E-state index contributed by atoms with van der Waals surface area (Å²) < 4.78 is 5.80. The monoisotopic (exact) mass is 270 g/mol. The van der Waals surface area contributed by atoms with Gasteiger partial charge in [-0.25, -0.2) is 0 Å². The highest BCUT2D eigenvalue weighted by Gasteiger charge is 2.30. The second-order valence-corrected chi connectivity index (χ2v) is 6.14. The Balaban J connectivity index is 2.00. The average Bonchev–Trinajstić information content (AvgIpc) is 2.83. The van der Waals surface area contributed by atoms with Crippen LogP contribution in [-0.4, -0.2) is 18.8 Å². The van der Waals surface area contributed by atoms with Crippen molar-refractivity contribution in [3.63, 3.8) is 0 Å². The van der Waals surface area contributed by atoms with E-state index in [9.17, 15) is 0 Å². The first-order chi connectivity index (χ1) is 9.29. The van der Waals surface area contributed by atoms with Crippen LogP contribution in [-0.2, 0) is 4.74 Å². The number of ether oxygens (including phenoxy) is 1. The van der Waals surface area contributed by atoms with Crippen molar-refractivity contribution >= 4 is 0 Å². The van der Waals surface area contributed by atoms with Gasteiger partial charge in [0.1, 0.15) is 0 Å². The first-order valence-electron chi connectivity index (χ1n) is 8.37. The minimum atomic E-state index is 0.328. The molecule has 1 saturated heterocycles. The summed E-state index contributed by atoms with van der Waals surface area (Å²) >= 11 is 0. The Morgan fingerprint density at radius 1 is 1.11 bits per heavy atom. The number of nitrogens with one attached hydrogen (secondary N) is 1. The van der Waals surface area contributed by atoms with Crippen LogP contribution >= 0.6 is 0 Å². The summed E-state index contributed by atoms with van der Waals surface area (Å²) in [7, 11) is 0. The van der Waals surface area contributed by atoms with Gasteiger partial charge >= 0.3 is 0 Å². The average molecular weight is 270 g/mol. The maximum absolute atomic E-state index is 5.80. The third-order valence-corrected chi connectivity index (χ3v) is 4.42. The lowest BCUT2D eigenvalue weighted by Crippen LogP contribution is -2.45. The minimum Gasteiger partial charge on any atom is -0.376 e. The van der Waals surface area contributed by atoms with Gasteiger partial charge in [-0.3, -0.25) is 11.3 Å². The van der Waals surface area contributed by atoms with E-state index in [0.717, 1.165) is 13.0 Å². The molecule has 114 valence electrons. The Labute approximate surface area is 119 Å². The van der Waals surface area contributed by atoms with Crippen molar-refractivity contribution in [3.05, 3.63) is 0 Å². The van der Waals surface area contributed by atoms with Gasteiger partial charge < -0.3 is 4.74 Å². The van der Waals surface area contributed by atoms with Crippen molar-refractivity contribution in [1.82, 2.24) is 5.43 Å². The van der Waals surface area contributed by atoms with Gasteiger partial charge in [-0.2, -0.15) is 0 Å². The summed E-state index contributed by atoms with van der Waals surface area (Å²) in [4.78, 5) is 0. The van der Waals surface area contributed by atoms with Crippen LogP contribution < -0.4 is 11.3 Å². The molecule has 3 atom stereocenters. The predicted molar refractivity (Wildman–Crippen MR) is 81.9 cm³/mol. The third kappa shape index (κ3) is 6.73. The van der Waals surface area contributed by atoms with E-state index in [1.54, 1.807) is 0 Å². The van der Waals surface area contributed by atoms with E-state index < -0.39 is 0 Å². The summed E-state index contributed by atoms with van der Waals surface area (Å²) in [6.07, 6.45) is 13.6. The molecule has 0 saturated carbocycles. The molecule has 3 unspecified atom stereocenters. The number of unbranched alkanes of at least 4 members (excludes halogenated alkanes) is 7. The zero-order valence-corrected chi connectivity index (χ0v) is 13.0. The Morgan fingerprint density at radius 2 is 1.74 bits per heavy atom. The number of hydrogen-bond donors (Lipinski definition) is 2. The normalized spacial score (nSPS) is 24.8. The van der Waals surface area contributed by atoms with Crippen LogP contribution in [0.3, 0.4) is 0 Å². The minimum absolute atomic E-state index is 0.328. The fraction of sp³-hybridized carbons (Fsp3) is 1.00. The zero-order valence-electron chi connectivity index (χ0n) is 13.0. The van der Waals surface area contributed by atoms with Gasteiger partial charge in [-0.15, -0.1) is 0 Å². The highest BCUT2D eigenvalue weighted by atomic mass is 16.5. The van der Waals surface area contributed by atoms with Gasteiger partial charge in [0.15, 0.2) is 0 Å². The van der Waals surface area contributed by atoms with Crippen LogP contribution in [0.4, 0.5) is 0 Å². The van der Waals surface area contributed by atoms with Crippen molar-refractivity contribution in [2.45, 2.75) is 90.2 Å². The van der Waals surface area contributed by atoms with Gasteiger partial charge in [0.25, 0.3) is 0 Å². The Morgan fingerprint density at radius 3 is 2.26 bits per heavy atom. The van der Waals surface area contributed by atoms with Crippen molar-refractivity contribution < 1.29 is 4.74 Å². The molecule has 0 spiro atoms. The molecule has 3 heteroatoms. The van der Waals surface area contributed by atoms with Crippen LogP contribution in [0.25, 0.3) is 0 Å². The molecule has 1 aliphatic rings. The molecule has 0 aromatic carbocycles. The molecule has 0 bridgehead atoms. The van der Waals surface area contributed by atoms with Crippen molar-refractivity contribution in [3.8, 4) is 0 Å². The summed E-state index contributed by atoms with van der Waals surface area (Å²) in [6, 6.07) is 0.345. The molecular weight excluding hydrogens is 236 g/mol. The van der Waals surface area contributed by atoms with Crippen LogP contribution in [0.15, 0.2) is 0 Å². The van der Waals surface area contributed by atoms with E-state index in [0.29, 0.717) is 18.1 Å². The van der Waals surface area contributed by atoms with E-state index >= 15 is 0 Å². The fourth-order valence-electron chi connectivity index (χ4n) is 3.07. The zero-order chi connectivity index (χ0) is 13.9. The second-order valence-electron chi connectivity index (χ2n) is 6.14. The number of hydrogen-bond acceptors (Lipinski definition) is 3. The quantitative estimate of drug-likeness (QED) is 0.341. The van der Waals surface area contributed by atoms with Gasteiger partial charge in [0, 0.05) is 12.6 Å². The molecule has 0 aromatic heterocycles. The van der Waals surface area contributed by atoms with E-state index in [4.69, 9.17) is 10.6 Å². The third-order valence-electron chi connectivity index (χ3n) is 4.42. The first kappa shape index (κ1) is 16.9. The lowest BCUT2D eigenvalue weighted by atomic mass is 9.94. The topological polar surface area (TPSA) is 47.3 Å². The summed E-state index contributed by atoms with van der Waals surface area (Å²) in [6.45, 7) is 5.45. The van der Waals surface area contributed by atoms with Crippen LogP contribution in [0, 0.1) is 5.92 Å². The number of rotatable bonds is 11. The largest absolute Gasteiger partial charge is 0.376 e. The van der Waals surface area contributed by atoms with Crippen molar-refractivity contribution in [2.75, 3.05) is 6.61 Å². The van der Waals surface area contributed by atoms with Crippen molar-refractivity contribution in [1.29, 1.82) is 0 Å². The van der Waals surface area contributed by atoms with Crippen LogP contribution in [0.5, 0.6) is 0 Å². The first-order valence-corrected chi connectivity index (χ1v) is 8.37.